The number of hydrogen-bond acceptors (Lipinski definition) is 5. The molecule has 0 aliphatic heterocycles. The lowest BCUT2D eigenvalue weighted by molar-refractivity contribution is -0.132. The molecular weight excluding hydrogens is 338 g/mol. The number of aliphatic hydroxyl groups excluding tert-OH is 1. The first-order valence-corrected chi connectivity index (χ1v) is 8.43. The Labute approximate surface area is 153 Å². The number of benzene rings is 1. The molecule has 1 rings (SSSR count). The Balaban J connectivity index is 2.67. The molecule has 3 amide bonds. The monoisotopic (exact) mass is 365 g/mol. The van der Waals surface area contributed by atoms with Crippen LogP contribution >= 0.6 is 0 Å². The van der Waals surface area contributed by atoms with Gasteiger partial charge in [0.05, 0.1) is 6.10 Å². The van der Waals surface area contributed by atoms with Crippen molar-refractivity contribution in [1.82, 2.24) is 16.0 Å². The van der Waals surface area contributed by atoms with Crippen molar-refractivity contribution < 1.29 is 24.2 Å². The second-order valence-corrected chi connectivity index (χ2v) is 6.27. The van der Waals surface area contributed by atoms with Crippen LogP contribution in [0.1, 0.15) is 26.3 Å². The van der Waals surface area contributed by atoms with Crippen molar-refractivity contribution >= 4 is 17.9 Å². The molecule has 0 bridgehead atoms. The molecule has 0 saturated carbocycles. The van der Waals surface area contributed by atoms with Gasteiger partial charge in [-0.2, -0.15) is 0 Å². The molecule has 3 unspecified atom stereocenters. The molecule has 26 heavy (non-hydrogen) atoms. The molecule has 3 atom stereocenters. The number of hydrogen-bond donors (Lipinski definition) is 4. The van der Waals surface area contributed by atoms with E-state index < -0.39 is 36.1 Å². The number of nitrogens with one attached hydrogen (secondary N) is 3. The minimum atomic E-state index is -1.11. The maximum Gasteiger partial charge on any atom is 0.408 e. The minimum Gasteiger partial charge on any atom is -0.445 e. The summed E-state index contributed by atoms with van der Waals surface area (Å²) in [5.41, 5.74) is 0.821. The van der Waals surface area contributed by atoms with E-state index in [9.17, 15) is 19.5 Å². The summed E-state index contributed by atoms with van der Waals surface area (Å²) in [7, 11) is 1.41. The molecular formula is C18H27N3O5. The van der Waals surface area contributed by atoms with E-state index in [2.05, 4.69) is 16.0 Å². The van der Waals surface area contributed by atoms with Gasteiger partial charge in [0.2, 0.25) is 11.8 Å². The van der Waals surface area contributed by atoms with Crippen molar-refractivity contribution in [2.75, 3.05) is 7.05 Å². The number of rotatable bonds is 8. The summed E-state index contributed by atoms with van der Waals surface area (Å²) in [5.74, 6) is -1.35. The molecule has 0 saturated heterocycles. The van der Waals surface area contributed by atoms with Gasteiger partial charge in [0, 0.05) is 7.05 Å². The van der Waals surface area contributed by atoms with Crippen LogP contribution in [0.15, 0.2) is 30.3 Å². The van der Waals surface area contributed by atoms with Crippen molar-refractivity contribution in [3.05, 3.63) is 35.9 Å². The highest BCUT2D eigenvalue weighted by Crippen LogP contribution is 2.06. The smallest absolute Gasteiger partial charge is 0.408 e. The summed E-state index contributed by atoms with van der Waals surface area (Å²) < 4.78 is 5.12. The third-order valence-electron chi connectivity index (χ3n) is 3.74. The first-order valence-electron chi connectivity index (χ1n) is 8.43. The van der Waals surface area contributed by atoms with Crippen molar-refractivity contribution in [2.24, 2.45) is 5.92 Å². The molecule has 8 heteroatoms. The van der Waals surface area contributed by atoms with Crippen LogP contribution in [0.3, 0.4) is 0 Å². The Morgan fingerprint density at radius 2 is 1.62 bits per heavy atom. The van der Waals surface area contributed by atoms with Crippen LogP contribution in [-0.2, 0) is 20.9 Å². The number of carbonyl (C=O) groups excluding carboxylic acids is 3. The summed E-state index contributed by atoms with van der Waals surface area (Å²) in [5, 5.41) is 17.0. The number of carbonyl (C=O) groups is 3. The summed E-state index contributed by atoms with van der Waals surface area (Å²) in [6, 6.07) is 7.12. The Bertz CT molecular complexity index is 604. The number of ether oxygens (including phenoxy) is 1. The molecule has 0 aliphatic rings. The van der Waals surface area contributed by atoms with Crippen LogP contribution in [0.5, 0.6) is 0 Å². The normalized spacial score (nSPS) is 14.1. The fraction of sp³-hybridized carbons (Fsp3) is 0.500. The van der Waals surface area contributed by atoms with E-state index in [1.807, 2.05) is 30.3 Å². The second kappa shape index (κ2) is 10.4. The first kappa shape index (κ1) is 21.4. The predicted molar refractivity (Wildman–Crippen MR) is 96.1 cm³/mol. The Hall–Kier alpha value is -2.61. The maximum absolute atomic E-state index is 12.5. The zero-order valence-electron chi connectivity index (χ0n) is 15.5. The molecule has 8 nitrogen and oxygen atoms in total. The SMILES string of the molecule is CNC(=O)C(NC(=O)C(NC(=O)OCc1ccccc1)C(C)C)C(C)O. The van der Waals surface area contributed by atoms with E-state index in [1.54, 1.807) is 13.8 Å². The molecule has 0 aliphatic carbocycles. The van der Waals surface area contributed by atoms with E-state index in [0.717, 1.165) is 5.56 Å². The van der Waals surface area contributed by atoms with Crippen LogP contribution in [-0.4, -0.2) is 48.2 Å². The van der Waals surface area contributed by atoms with Gasteiger partial charge in [-0.3, -0.25) is 9.59 Å². The van der Waals surface area contributed by atoms with Crippen LogP contribution in [0.25, 0.3) is 0 Å². The Morgan fingerprint density at radius 3 is 2.12 bits per heavy atom. The standard InChI is InChI=1S/C18H27N3O5/c1-11(2)14(17(24)20-15(12(3)22)16(23)19-4)21-18(25)26-10-13-8-6-5-7-9-13/h5-9,11-12,14-15,22H,10H2,1-4H3,(H,19,23)(H,20,24)(H,21,25). The van der Waals surface area contributed by atoms with E-state index in [0.29, 0.717) is 0 Å². The number of likely N-dealkylation sites (N-methyl/N-ethyl adjacent to an activating group) is 1. The second-order valence-electron chi connectivity index (χ2n) is 6.27. The van der Waals surface area contributed by atoms with Gasteiger partial charge in [-0.1, -0.05) is 44.2 Å². The zero-order valence-corrected chi connectivity index (χ0v) is 15.5. The van der Waals surface area contributed by atoms with E-state index in [-0.39, 0.29) is 12.5 Å². The average molecular weight is 365 g/mol. The molecule has 4 N–H and O–H groups in total. The van der Waals surface area contributed by atoms with Crippen LogP contribution < -0.4 is 16.0 Å². The van der Waals surface area contributed by atoms with Crippen LogP contribution in [0, 0.1) is 5.92 Å². The third-order valence-corrected chi connectivity index (χ3v) is 3.74. The summed E-state index contributed by atoms with van der Waals surface area (Å²) >= 11 is 0. The molecule has 0 fully saturated rings. The van der Waals surface area contributed by atoms with Gasteiger partial charge >= 0.3 is 6.09 Å². The van der Waals surface area contributed by atoms with Crippen molar-refractivity contribution in [3.8, 4) is 0 Å². The third kappa shape index (κ3) is 6.72. The summed E-state index contributed by atoms with van der Waals surface area (Å²) in [6.45, 7) is 4.97. The molecule has 144 valence electrons. The maximum atomic E-state index is 12.5. The number of amides is 3. The molecule has 0 heterocycles. The van der Waals surface area contributed by atoms with E-state index in [4.69, 9.17) is 4.74 Å². The number of alkyl carbamates (subject to hydrolysis) is 1. The highest BCUT2D eigenvalue weighted by molar-refractivity contribution is 5.91. The topological polar surface area (TPSA) is 117 Å². The van der Waals surface area contributed by atoms with Gasteiger partial charge in [-0.25, -0.2) is 4.79 Å². The van der Waals surface area contributed by atoms with Gasteiger partial charge in [0.25, 0.3) is 0 Å². The first-order chi connectivity index (χ1) is 12.3. The van der Waals surface area contributed by atoms with Crippen molar-refractivity contribution in [3.63, 3.8) is 0 Å². The van der Waals surface area contributed by atoms with Crippen LogP contribution in [0.2, 0.25) is 0 Å². The van der Waals surface area contributed by atoms with Gasteiger partial charge < -0.3 is 25.8 Å². The lowest BCUT2D eigenvalue weighted by atomic mass is 10.0. The molecule has 1 aromatic rings. The van der Waals surface area contributed by atoms with E-state index >= 15 is 0 Å². The molecule has 0 aromatic heterocycles. The minimum absolute atomic E-state index is 0.0770. The fourth-order valence-electron chi connectivity index (χ4n) is 2.23. The van der Waals surface area contributed by atoms with Crippen LogP contribution in [0.4, 0.5) is 4.79 Å². The molecule has 1 aromatic carbocycles. The van der Waals surface area contributed by atoms with Gasteiger partial charge in [0.15, 0.2) is 0 Å². The van der Waals surface area contributed by atoms with Crippen molar-refractivity contribution in [1.29, 1.82) is 0 Å². The average Bonchev–Trinajstić information content (AvgIpc) is 2.61. The van der Waals surface area contributed by atoms with Gasteiger partial charge in [0.1, 0.15) is 18.7 Å². The van der Waals surface area contributed by atoms with Gasteiger partial charge in [-0.05, 0) is 18.4 Å². The summed E-state index contributed by atoms with van der Waals surface area (Å²) in [6.07, 6.45) is -1.83. The fourth-order valence-corrected chi connectivity index (χ4v) is 2.23. The summed E-state index contributed by atoms with van der Waals surface area (Å²) in [4.78, 5) is 36.2. The van der Waals surface area contributed by atoms with Gasteiger partial charge in [-0.15, -0.1) is 0 Å². The highest BCUT2D eigenvalue weighted by Gasteiger charge is 2.31. The lowest BCUT2D eigenvalue weighted by Gasteiger charge is -2.25. The Morgan fingerprint density at radius 1 is 1.00 bits per heavy atom. The largest absolute Gasteiger partial charge is 0.445 e. The lowest BCUT2D eigenvalue weighted by Crippen LogP contribution is -2.58. The molecule has 0 radical (unpaired) electrons. The quantitative estimate of drug-likeness (QED) is 0.537. The molecule has 0 spiro atoms. The predicted octanol–water partition coefficient (Wildman–Crippen LogP) is 0.549. The number of aliphatic hydroxyl groups is 1. The van der Waals surface area contributed by atoms with Crippen molar-refractivity contribution in [2.45, 2.75) is 45.6 Å². The zero-order chi connectivity index (χ0) is 19.7. The Kier molecular flexibility index (Phi) is 8.57. The van der Waals surface area contributed by atoms with E-state index in [1.165, 1.54) is 14.0 Å². The highest BCUT2D eigenvalue weighted by atomic mass is 16.5.